The number of halogens is 4. The molecule has 132 valence electrons. The van der Waals surface area contributed by atoms with Crippen LogP contribution in [0.15, 0.2) is 29.3 Å². The van der Waals surface area contributed by atoms with Gasteiger partial charge < -0.3 is 15.4 Å². The molecule has 0 aliphatic rings. The fraction of sp³-hybridized carbons (Fsp3) is 0.533. The number of ether oxygens (including phenoxy) is 1. The van der Waals surface area contributed by atoms with Crippen molar-refractivity contribution in [2.45, 2.75) is 32.5 Å². The molecule has 0 fully saturated rings. The third-order valence-electron chi connectivity index (χ3n) is 2.91. The first-order valence-electron chi connectivity index (χ1n) is 7.24. The van der Waals surface area contributed by atoms with E-state index in [4.69, 9.17) is 0 Å². The predicted molar refractivity (Wildman–Crippen MR) is 96.5 cm³/mol. The topological polar surface area (TPSA) is 45.7 Å². The van der Waals surface area contributed by atoms with Gasteiger partial charge in [-0.15, -0.1) is 37.1 Å². The van der Waals surface area contributed by atoms with Crippen LogP contribution in [0.3, 0.4) is 0 Å². The monoisotopic (exact) mass is 445 g/mol. The van der Waals surface area contributed by atoms with Crippen molar-refractivity contribution in [3.8, 4) is 5.75 Å². The molecule has 2 N–H and O–H groups in total. The van der Waals surface area contributed by atoms with Crippen LogP contribution in [0.25, 0.3) is 0 Å². The molecule has 0 bridgehead atoms. The van der Waals surface area contributed by atoms with E-state index in [-0.39, 0.29) is 29.7 Å². The molecule has 0 atom stereocenters. The van der Waals surface area contributed by atoms with Gasteiger partial charge in [0.25, 0.3) is 0 Å². The molecule has 0 amide bonds. The molecular weight excluding hydrogens is 422 g/mol. The highest BCUT2D eigenvalue weighted by atomic mass is 127. The van der Waals surface area contributed by atoms with E-state index in [2.05, 4.69) is 27.3 Å². The van der Waals surface area contributed by atoms with E-state index >= 15 is 0 Å². The molecule has 0 saturated carbocycles. The summed E-state index contributed by atoms with van der Waals surface area (Å²) in [5.74, 6) is 0.520. The number of hydrogen-bond donors (Lipinski definition) is 2. The number of hydrogen-bond acceptors (Lipinski definition) is 2. The van der Waals surface area contributed by atoms with Gasteiger partial charge in [-0.3, -0.25) is 4.99 Å². The SMILES string of the molecule is CCCCNC(=NC)NCCc1ccc(OC(F)(F)F)cc1.I. The minimum atomic E-state index is -4.65. The van der Waals surface area contributed by atoms with Gasteiger partial charge >= 0.3 is 6.36 Å². The Bertz CT molecular complexity index is 464. The summed E-state index contributed by atoms with van der Waals surface area (Å²) in [7, 11) is 1.70. The highest BCUT2D eigenvalue weighted by Crippen LogP contribution is 2.22. The van der Waals surface area contributed by atoms with E-state index in [1.54, 1.807) is 19.2 Å². The molecule has 0 aromatic heterocycles. The first-order valence-corrected chi connectivity index (χ1v) is 7.24. The lowest BCUT2D eigenvalue weighted by Crippen LogP contribution is -2.38. The third kappa shape index (κ3) is 10.2. The molecule has 1 rings (SSSR count). The smallest absolute Gasteiger partial charge is 0.406 e. The second-order valence-corrected chi connectivity index (χ2v) is 4.72. The second kappa shape index (κ2) is 11.4. The van der Waals surface area contributed by atoms with Gasteiger partial charge in [-0.25, -0.2) is 0 Å². The number of unbranched alkanes of at least 4 members (excludes halogenated alkanes) is 1. The molecule has 1 aromatic rings. The lowest BCUT2D eigenvalue weighted by Gasteiger charge is -2.12. The standard InChI is InChI=1S/C15H22F3N3O.HI/c1-3-4-10-20-14(19-2)21-11-9-12-5-7-13(8-6-12)22-15(16,17)18;/h5-8H,3-4,9-11H2,1-2H3,(H2,19,20,21);1H. The van der Waals surface area contributed by atoms with Gasteiger partial charge in [-0.05, 0) is 30.5 Å². The number of rotatable bonds is 7. The van der Waals surface area contributed by atoms with Crippen LogP contribution in [0.4, 0.5) is 13.2 Å². The summed E-state index contributed by atoms with van der Waals surface area (Å²) in [6.07, 6.45) is -1.79. The molecule has 1 aromatic carbocycles. The molecule has 0 unspecified atom stereocenters. The lowest BCUT2D eigenvalue weighted by atomic mass is 10.1. The van der Waals surface area contributed by atoms with Crippen LogP contribution in [0.5, 0.6) is 5.75 Å². The Labute approximate surface area is 151 Å². The lowest BCUT2D eigenvalue weighted by molar-refractivity contribution is -0.274. The Morgan fingerprint density at radius 3 is 2.26 bits per heavy atom. The summed E-state index contributed by atoms with van der Waals surface area (Å²) in [4.78, 5) is 4.09. The quantitative estimate of drug-likeness (QED) is 0.291. The van der Waals surface area contributed by atoms with Gasteiger partial charge in [0.2, 0.25) is 0 Å². The van der Waals surface area contributed by atoms with Gasteiger partial charge in [-0.2, -0.15) is 0 Å². The molecule has 0 aliphatic heterocycles. The molecule has 0 spiro atoms. The fourth-order valence-corrected chi connectivity index (χ4v) is 1.79. The summed E-state index contributed by atoms with van der Waals surface area (Å²) in [5, 5.41) is 6.34. The van der Waals surface area contributed by atoms with E-state index < -0.39 is 6.36 Å². The van der Waals surface area contributed by atoms with Crippen LogP contribution in [-0.2, 0) is 6.42 Å². The highest BCUT2D eigenvalue weighted by Gasteiger charge is 2.30. The Hall–Kier alpha value is -1.19. The zero-order valence-corrected chi connectivity index (χ0v) is 15.6. The number of nitrogens with zero attached hydrogens (tertiary/aromatic N) is 1. The predicted octanol–water partition coefficient (Wildman–Crippen LogP) is 3.71. The van der Waals surface area contributed by atoms with Crippen molar-refractivity contribution in [2.24, 2.45) is 4.99 Å². The van der Waals surface area contributed by atoms with Gasteiger partial charge in [0.15, 0.2) is 5.96 Å². The molecule has 8 heteroatoms. The summed E-state index contributed by atoms with van der Waals surface area (Å²) in [6.45, 7) is 3.62. The van der Waals surface area contributed by atoms with Crippen molar-refractivity contribution >= 4 is 29.9 Å². The van der Waals surface area contributed by atoms with E-state index in [1.165, 1.54) is 12.1 Å². The van der Waals surface area contributed by atoms with Crippen molar-refractivity contribution in [2.75, 3.05) is 20.1 Å². The molecule has 0 radical (unpaired) electrons. The maximum absolute atomic E-state index is 12.0. The van der Waals surface area contributed by atoms with Gasteiger partial charge in [0.05, 0.1) is 0 Å². The van der Waals surface area contributed by atoms with Gasteiger partial charge in [0, 0.05) is 20.1 Å². The van der Waals surface area contributed by atoms with Gasteiger partial charge in [0.1, 0.15) is 5.75 Å². The number of nitrogens with one attached hydrogen (secondary N) is 2. The van der Waals surface area contributed by atoms with Crippen molar-refractivity contribution < 1.29 is 17.9 Å². The summed E-state index contributed by atoms with van der Waals surface area (Å²) >= 11 is 0. The zero-order valence-electron chi connectivity index (χ0n) is 13.2. The maximum Gasteiger partial charge on any atom is 0.573 e. The first kappa shape index (κ1) is 21.8. The van der Waals surface area contributed by atoms with E-state index in [0.717, 1.165) is 30.9 Å². The number of alkyl halides is 3. The van der Waals surface area contributed by atoms with Crippen LogP contribution in [-0.4, -0.2) is 32.5 Å². The van der Waals surface area contributed by atoms with Crippen molar-refractivity contribution in [3.63, 3.8) is 0 Å². The van der Waals surface area contributed by atoms with E-state index in [0.29, 0.717) is 13.0 Å². The third-order valence-corrected chi connectivity index (χ3v) is 2.91. The van der Waals surface area contributed by atoms with E-state index in [9.17, 15) is 13.2 Å². The summed E-state index contributed by atoms with van der Waals surface area (Å²) < 4.78 is 40.0. The minimum Gasteiger partial charge on any atom is -0.406 e. The fourth-order valence-electron chi connectivity index (χ4n) is 1.79. The Kier molecular flexibility index (Phi) is 10.8. The molecule has 0 heterocycles. The second-order valence-electron chi connectivity index (χ2n) is 4.72. The Balaban J connectivity index is 0.00000484. The van der Waals surface area contributed by atoms with Gasteiger partial charge in [-0.1, -0.05) is 25.5 Å². The maximum atomic E-state index is 12.0. The van der Waals surface area contributed by atoms with Crippen molar-refractivity contribution in [1.82, 2.24) is 10.6 Å². The first-order chi connectivity index (χ1) is 10.4. The van der Waals surface area contributed by atoms with Crippen LogP contribution < -0.4 is 15.4 Å². The van der Waals surface area contributed by atoms with E-state index in [1.807, 2.05) is 0 Å². The molecule has 0 saturated heterocycles. The minimum absolute atomic E-state index is 0. The normalized spacial score (nSPS) is 11.6. The average Bonchev–Trinajstić information content (AvgIpc) is 2.46. The van der Waals surface area contributed by atoms with Crippen molar-refractivity contribution in [1.29, 1.82) is 0 Å². The largest absolute Gasteiger partial charge is 0.573 e. The zero-order chi connectivity index (χ0) is 16.4. The molecule has 4 nitrogen and oxygen atoms in total. The molecule has 0 aliphatic carbocycles. The average molecular weight is 445 g/mol. The number of aliphatic imine (C=N–C) groups is 1. The molecule has 23 heavy (non-hydrogen) atoms. The molecular formula is C15H23F3IN3O. The van der Waals surface area contributed by atoms with Crippen LogP contribution >= 0.6 is 24.0 Å². The Morgan fingerprint density at radius 1 is 1.13 bits per heavy atom. The highest BCUT2D eigenvalue weighted by molar-refractivity contribution is 14.0. The van der Waals surface area contributed by atoms with Crippen LogP contribution in [0.2, 0.25) is 0 Å². The number of benzene rings is 1. The summed E-state index contributed by atoms with van der Waals surface area (Å²) in [5.41, 5.74) is 0.922. The van der Waals surface area contributed by atoms with Crippen LogP contribution in [0, 0.1) is 0 Å². The van der Waals surface area contributed by atoms with Crippen molar-refractivity contribution in [3.05, 3.63) is 29.8 Å². The summed E-state index contributed by atoms with van der Waals surface area (Å²) in [6, 6.07) is 5.88. The Morgan fingerprint density at radius 2 is 1.74 bits per heavy atom. The van der Waals surface area contributed by atoms with Crippen LogP contribution in [0.1, 0.15) is 25.3 Å². The number of guanidine groups is 1.